The van der Waals surface area contributed by atoms with Crippen molar-refractivity contribution in [3.05, 3.63) is 18.2 Å². The molecule has 0 radical (unpaired) electrons. The maximum Gasteiger partial charge on any atom is 0.410 e. The van der Waals surface area contributed by atoms with Crippen molar-refractivity contribution in [2.75, 3.05) is 45.8 Å². The van der Waals surface area contributed by atoms with Gasteiger partial charge in [-0.1, -0.05) is 6.07 Å². The lowest BCUT2D eigenvalue weighted by atomic mass is 9.96. The Morgan fingerprint density at radius 1 is 1.09 bits per heavy atom. The number of likely N-dealkylation sites (tertiary alicyclic amines) is 1. The summed E-state index contributed by atoms with van der Waals surface area (Å²) in [6.07, 6.45) is 1.65. The van der Waals surface area contributed by atoms with Crippen LogP contribution in [0.3, 0.4) is 0 Å². The van der Waals surface area contributed by atoms with Crippen molar-refractivity contribution in [2.45, 2.75) is 44.1 Å². The molecule has 0 saturated carbocycles. The summed E-state index contributed by atoms with van der Waals surface area (Å²) in [5.41, 5.74) is 0.597. The third-order valence-corrected chi connectivity index (χ3v) is 8.45. The average Bonchev–Trinajstić information content (AvgIpc) is 3.22. The Balaban J connectivity index is 1.28. The Bertz CT molecular complexity index is 1050. The van der Waals surface area contributed by atoms with E-state index in [0.29, 0.717) is 56.2 Å². The summed E-state index contributed by atoms with van der Waals surface area (Å²) in [6.45, 7) is 10.3. The third kappa shape index (κ3) is 5.22. The molecule has 11 heteroatoms. The molecule has 2 fully saturated rings. The number of aromatic nitrogens is 2. The third-order valence-electron chi connectivity index (χ3n) is 5.98. The van der Waals surface area contributed by atoms with Crippen LogP contribution in [0.5, 0.6) is 0 Å². The van der Waals surface area contributed by atoms with Crippen LogP contribution >= 0.6 is 11.7 Å². The highest BCUT2D eigenvalue weighted by molar-refractivity contribution is 7.89. The Hall–Kier alpha value is -1.82. The number of sulfonamides is 1. The summed E-state index contributed by atoms with van der Waals surface area (Å²) in [6, 6.07) is 5.12. The van der Waals surface area contributed by atoms with Crippen molar-refractivity contribution >= 4 is 38.9 Å². The molecule has 2 aromatic rings. The molecule has 2 saturated heterocycles. The zero-order valence-corrected chi connectivity index (χ0v) is 20.5. The Morgan fingerprint density at radius 3 is 2.44 bits per heavy atom. The van der Waals surface area contributed by atoms with Crippen molar-refractivity contribution in [1.29, 1.82) is 0 Å². The molecule has 1 aromatic carbocycles. The molecule has 176 valence electrons. The predicted molar refractivity (Wildman–Crippen MR) is 123 cm³/mol. The molecule has 4 rings (SSSR count). The average molecular weight is 482 g/mol. The van der Waals surface area contributed by atoms with E-state index >= 15 is 0 Å². The van der Waals surface area contributed by atoms with Gasteiger partial charge in [0, 0.05) is 45.8 Å². The number of benzene rings is 1. The van der Waals surface area contributed by atoms with Crippen LogP contribution in [0.25, 0.3) is 11.0 Å². The van der Waals surface area contributed by atoms with Gasteiger partial charge in [-0.25, -0.2) is 13.2 Å². The summed E-state index contributed by atoms with van der Waals surface area (Å²) >= 11 is 1.03. The van der Waals surface area contributed by atoms with Gasteiger partial charge < -0.3 is 14.5 Å². The number of hydrogen-bond donors (Lipinski definition) is 0. The molecule has 0 unspecified atom stereocenters. The lowest BCUT2D eigenvalue weighted by Gasteiger charge is -2.38. The fraction of sp³-hybridized carbons (Fsp3) is 0.667. The van der Waals surface area contributed by atoms with E-state index in [1.165, 1.54) is 0 Å². The van der Waals surface area contributed by atoms with Gasteiger partial charge >= 0.3 is 6.09 Å². The van der Waals surface area contributed by atoms with E-state index < -0.39 is 15.6 Å². The minimum absolute atomic E-state index is 0.236. The quantitative estimate of drug-likeness (QED) is 0.662. The van der Waals surface area contributed by atoms with Crippen LogP contribution in [0.4, 0.5) is 4.79 Å². The van der Waals surface area contributed by atoms with Gasteiger partial charge in [-0.15, -0.1) is 0 Å². The smallest absolute Gasteiger partial charge is 0.410 e. The molecule has 9 nitrogen and oxygen atoms in total. The largest absolute Gasteiger partial charge is 0.444 e. The Morgan fingerprint density at radius 2 is 1.78 bits per heavy atom. The lowest BCUT2D eigenvalue weighted by molar-refractivity contribution is 0.0165. The van der Waals surface area contributed by atoms with Crippen LogP contribution in [0, 0.1) is 5.92 Å². The van der Waals surface area contributed by atoms with E-state index in [0.717, 1.165) is 31.1 Å². The summed E-state index contributed by atoms with van der Waals surface area (Å²) in [5, 5.41) is 0. The van der Waals surface area contributed by atoms with Gasteiger partial charge in [0.15, 0.2) is 0 Å². The molecule has 0 aliphatic carbocycles. The van der Waals surface area contributed by atoms with E-state index in [-0.39, 0.29) is 11.0 Å². The molecule has 3 heterocycles. The first-order valence-corrected chi connectivity index (χ1v) is 13.2. The van der Waals surface area contributed by atoms with Gasteiger partial charge in [0.2, 0.25) is 10.0 Å². The van der Waals surface area contributed by atoms with Crippen molar-refractivity contribution in [1.82, 2.24) is 22.9 Å². The summed E-state index contributed by atoms with van der Waals surface area (Å²) < 4.78 is 41.8. The summed E-state index contributed by atoms with van der Waals surface area (Å²) in [7, 11) is -3.59. The Labute approximate surface area is 193 Å². The van der Waals surface area contributed by atoms with Crippen molar-refractivity contribution in [3.8, 4) is 0 Å². The number of rotatable bonds is 4. The lowest BCUT2D eigenvalue weighted by Crippen LogP contribution is -2.50. The Kier molecular flexibility index (Phi) is 6.71. The first-order valence-electron chi connectivity index (χ1n) is 11.1. The van der Waals surface area contributed by atoms with E-state index in [1.807, 2.05) is 20.8 Å². The van der Waals surface area contributed by atoms with Gasteiger partial charge in [-0.05, 0) is 51.7 Å². The molecular weight excluding hydrogens is 450 g/mol. The molecule has 1 aromatic heterocycles. The minimum atomic E-state index is -3.59. The highest BCUT2D eigenvalue weighted by Gasteiger charge is 2.32. The molecule has 0 bridgehead atoms. The predicted octanol–water partition coefficient (Wildman–Crippen LogP) is 2.64. The number of piperidine rings is 1. The van der Waals surface area contributed by atoms with Gasteiger partial charge in [0.1, 0.15) is 21.5 Å². The number of hydrogen-bond acceptors (Lipinski definition) is 8. The molecule has 0 atom stereocenters. The SMILES string of the molecule is CC(C)(C)OC(=O)N1CCC(CN2CCN(S(=O)(=O)c3cccc4nsnc34)CC2)CC1. The second kappa shape index (κ2) is 9.20. The minimum Gasteiger partial charge on any atom is -0.444 e. The van der Waals surface area contributed by atoms with Gasteiger partial charge in [-0.2, -0.15) is 13.1 Å². The fourth-order valence-electron chi connectivity index (χ4n) is 4.27. The van der Waals surface area contributed by atoms with Crippen LogP contribution < -0.4 is 0 Å². The van der Waals surface area contributed by atoms with Gasteiger partial charge in [-0.3, -0.25) is 0 Å². The maximum atomic E-state index is 13.2. The van der Waals surface area contributed by atoms with E-state index in [1.54, 1.807) is 27.4 Å². The van der Waals surface area contributed by atoms with Crippen molar-refractivity contribution < 1.29 is 17.9 Å². The van der Waals surface area contributed by atoms with E-state index in [4.69, 9.17) is 4.74 Å². The second-order valence-electron chi connectivity index (χ2n) is 9.50. The zero-order valence-electron chi connectivity index (χ0n) is 18.9. The first kappa shape index (κ1) is 23.3. The maximum absolute atomic E-state index is 13.2. The van der Waals surface area contributed by atoms with E-state index in [2.05, 4.69) is 13.6 Å². The molecule has 1 amide bonds. The summed E-state index contributed by atoms with van der Waals surface area (Å²) in [4.78, 5) is 16.6. The number of nitrogens with zero attached hydrogens (tertiary/aromatic N) is 5. The number of carbonyl (C=O) groups is 1. The van der Waals surface area contributed by atoms with Crippen LogP contribution in [-0.2, 0) is 14.8 Å². The van der Waals surface area contributed by atoms with Crippen molar-refractivity contribution in [2.24, 2.45) is 5.92 Å². The zero-order chi connectivity index (χ0) is 22.9. The number of fused-ring (bicyclic) bond motifs is 1. The molecule has 32 heavy (non-hydrogen) atoms. The number of carbonyl (C=O) groups excluding carboxylic acids is 1. The van der Waals surface area contributed by atoms with E-state index in [9.17, 15) is 13.2 Å². The first-order chi connectivity index (χ1) is 15.1. The molecule has 2 aliphatic heterocycles. The molecule has 2 aliphatic rings. The van der Waals surface area contributed by atoms with Crippen LogP contribution in [0.1, 0.15) is 33.6 Å². The van der Waals surface area contributed by atoms with Crippen LogP contribution in [0.2, 0.25) is 0 Å². The highest BCUT2D eigenvalue weighted by atomic mass is 32.2. The molecule has 0 spiro atoms. The highest BCUT2D eigenvalue weighted by Crippen LogP contribution is 2.26. The molecular formula is C21H31N5O4S2. The van der Waals surface area contributed by atoms with Crippen LogP contribution in [0.15, 0.2) is 23.1 Å². The number of amides is 1. The summed E-state index contributed by atoms with van der Waals surface area (Å²) in [5.74, 6) is 0.506. The topological polar surface area (TPSA) is 95.9 Å². The number of ether oxygens (including phenoxy) is 1. The van der Waals surface area contributed by atoms with Crippen LogP contribution in [-0.4, -0.2) is 88.8 Å². The standard InChI is InChI=1S/C21H31N5O4S2/c1-21(2,3)30-20(27)25-9-7-16(8-10-25)15-24-11-13-26(14-12-24)32(28,29)18-6-4-5-17-19(18)23-31-22-17/h4-6,16H,7-15H2,1-3H3. The fourth-order valence-corrected chi connectivity index (χ4v) is 6.45. The van der Waals surface area contributed by atoms with Gasteiger partial charge in [0.05, 0.1) is 11.7 Å². The molecule has 0 N–H and O–H groups in total. The van der Waals surface area contributed by atoms with Crippen molar-refractivity contribution in [3.63, 3.8) is 0 Å². The second-order valence-corrected chi connectivity index (χ2v) is 11.9. The normalized spacial score (nSPS) is 20.0. The monoisotopic (exact) mass is 481 g/mol. The van der Waals surface area contributed by atoms with Gasteiger partial charge in [0.25, 0.3) is 0 Å². The number of piperazine rings is 1.